The number of ether oxygens (including phenoxy) is 1. The molecule has 1 aliphatic rings. The Morgan fingerprint density at radius 2 is 2.14 bits per heavy atom. The van der Waals surface area contributed by atoms with Gasteiger partial charge >= 0.3 is 0 Å². The van der Waals surface area contributed by atoms with Gasteiger partial charge in [0.15, 0.2) is 0 Å². The van der Waals surface area contributed by atoms with Gasteiger partial charge in [0.1, 0.15) is 5.60 Å². The summed E-state index contributed by atoms with van der Waals surface area (Å²) in [5.41, 5.74) is 3.40. The van der Waals surface area contributed by atoms with Gasteiger partial charge in [0.2, 0.25) is 0 Å². The molecule has 0 aliphatic carbocycles. The van der Waals surface area contributed by atoms with E-state index >= 15 is 0 Å². The first kappa shape index (κ1) is 15.5. The van der Waals surface area contributed by atoms with Crippen LogP contribution in [0.5, 0.6) is 0 Å². The molecule has 0 bridgehead atoms. The quantitative estimate of drug-likeness (QED) is 0.892. The van der Waals surface area contributed by atoms with E-state index in [-0.39, 0.29) is 18.3 Å². The highest BCUT2D eigenvalue weighted by atomic mass is 16.5. The second-order valence-electron chi connectivity index (χ2n) is 6.79. The predicted molar refractivity (Wildman–Crippen MR) is 89.1 cm³/mol. The van der Waals surface area contributed by atoms with Crippen molar-refractivity contribution in [2.75, 3.05) is 27.2 Å². The maximum Gasteiger partial charge on any atom is 0.106 e. The van der Waals surface area contributed by atoms with Gasteiger partial charge in [-0.3, -0.25) is 0 Å². The van der Waals surface area contributed by atoms with Crippen molar-refractivity contribution in [3.8, 4) is 0 Å². The number of nitrogens with zero attached hydrogens (tertiary/aromatic N) is 1. The van der Waals surface area contributed by atoms with Gasteiger partial charge in [0, 0.05) is 30.5 Å². The fraction of sp³-hybridized carbons (Fsp3) is 0.556. The molecule has 2 aromatic rings. The Morgan fingerprint density at radius 3 is 2.86 bits per heavy atom. The number of likely N-dealkylation sites (N-methyl/N-ethyl adjacent to an activating group) is 1. The van der Waals surface area contributed by atoms with E-state index in [1.165, 1.54) is 22.2 Å². The maximum atomic E-state index is 9.24. The first-order chi connectivity index (χ1) is 10.5. The molecule has 4 heteroatoms. The van der Waals surface area contributed by atoms with E-state index in [9.17, 15) is 5.11 Å². The molecule has 0 radical (unpaired) electrons. The summed E-state index contributed by atoms with van der Waals surface area (Å²) in [6.07, 6.45) is 2.70. The van der Waals surface area contributed by atoms with Crippen molar-refractivity contribution in [2.24, 2.45) is 0 Å². The lowest BCUT2D eigenvalue weighted by Gasteiger charge is -2.40. The molecule has 0 saturated heterocycles. The SMILES string of the molecule is CN(C)CC1Cc2c([nH]c3ccccc23)C(C)(CCCO)O1. The molecule has 3 rings (SSSR count). The average molecular weight is 302 g/mol. The number of aliphatic hydroxyl groups is 1. The van der Waals surface area contributed by atoms with Crippen LogP contribution in [-0.2, 0) is 16.8 Å². The highest BCUT2D eigenvalue weighted by molar-refractivity contribution is 5.85. The fourth-order valence-electron chi connectivity index (χ4n) is 3.67. The summed E-state index contributed by atoms with van der Waals surface area (Å²) in [6.45, 7) is 3.26. The van der Waals surface area contributed by atoms with Gasteiger partial charge < -0.3 is 19.7 Å². The number of hydrogen-bond donors (Lipinski definition) is 2. The van der Waals surface area contributed by atoms with E-state index < -0.39 is 0 Å². The van der Waals surface area contributed by atoms with Crippen LogP contribution in [0.15, 0.2) is 24.3 Å². The number of aliphatic hydroxyl groups excluding tert-OH is 1. The molecular weight excluding hydrogens is 276 g/mol. The Labute approximate surface area is 132 Å². The lowest BCUT2D eigenvalue weighted by molar-refractivity contribution is -0.114. The molecule has 120 valence electrons. The van der Waals surface area contributed by atoms with Crippen LogP contribution in [-0.4, -0.2) is 48.3 Å². The molecular formula is C18H26N2O2. The zero-order valence-corrected chi connectivity index (χ0v) is 13.7. The van der Waals surface area contributed by atoms with E-state index in [1.807, 2.05) is 0 Å². The van der Waals surface area contributed by atoms with Gasteiger partial charge in [-0.25, -0.2) is 0 Å². The van der Waals surface area contributed by atoms with Gasteiger partial charge in [-0.05, 0) is 45.5 Å². The number of benzene rings is 1. The summed E-state index contributed by atoms with van der Waals surface area (Å²) in [4.78, 5) is 5.75. The molecule has 22 heavy (non-hydrogen) atoms. The lowest BCUT2D eigenvalue weighted by atomic mass is 9.87. The van der Waals surface area contributed by atoms with Crippen LogP contribution in [0.2, 0.25) is 0 Å². The molecule has 4 nitrogen and oxygen atoms in total. The van der Waals surface area contributed by atoms with E-state index in [0.717, 1.165) is 25.8 Å². The highest BCUT2D eigenvalue weighted by Crippen LogP contribution is 2.41. The number of H-pyrrole nitrogens is 1. The molecule has 1 aromatic heterocycles. The molecule has 0 fully saturated rings. The van der Waals surface area contributed by atoms with E-state index in [2.05, 4.69) is 55.2 Å². The van der Waals surface area contributed by atoms with Crippen LogP contribution in [0.25, 0.3) is 10.9 Å². The van der Waals surface area contributed by atoms with E-state index in [1.54, 1.807) is 0 Å². The van der Waals surface area contributed by atoms with Crippen LogP contribution in [0, 0.1) is 0 Å². The number of aromatic nitrogens is 1. The standard InChI is InChI=1S/C18H26N2O2/c1-18(9-6-10-21)17-15(11-13(22-18)12-20(2)3)14-7-4-5-8-16(14)19-17/h4-5,7-8,13,19,21H,6,9-12H2,1-3H3. The third kappa shape index (κ3) is 2.78. The number of aromatic amines is 1. The normalized spacial score (nSPS) is 24.9. The van der Waals surface area contributed by atoms with Gasteiger partial charge in [-0.15, -0.1) is 0 Å². The number of para-hydroxylation sites is 1. The van der Waals surface area contributed by atoms with Crippen LogP contribution in [0.4, 0.5) is 0 Å². The predicted octanol–water partition coefficient (Wildman–Crippen LogP) is 2.66. The van der Waals surface area contributed by atoms with Crippen molar-refractivity contribution in [1.82, 2.24) is 9.88 Å². The summed E-state index contributed by atoms with van der Waals surface area (Å²) in [7, 11) is 4.17. The van der Waals surface area contributed by atoms with Crippen LogP contribution < -0.4 is 0 Å². The minimum Gasteiger partial charge on any atom is -0.396 e. The molecule has 0 saturated carbocycles. The number of fused-ring (bicyclic) bond motifs is 3. The Bertz CT molecular complexity index is 650. The second kappa shape index (κ2) is 6.03. The zero-order valence-electron chi connectivity index (χ0n) is 13.7. The first-order valence-electron chi connectivity index (χ1n) is 8.07. The Morgan fingerprint density at radius 1 is 1.36 bits per heavy atom. The van der Waals surface area contributed by atoms with Crippen molar-refractivity contribution < 1.29 is 9.84 Å². The van der Waals surface area contributed by atoms with Gasteiger partial charge in [-0.1, -0.05) is 18.2 Å². The van der Waals surface area contributed by atoms with E-state index in [4.69, 9.17) is 4.74 Å². The highest BCUT2D eigenvalue weighted by Gasteiger charge is 2.39. The lowest BCUT2D eigenvalue weighted by Crippen LogP contribution is -2.42. The van der Waals surface area contributed by atoms with Gasteiger partial charge in [0.25, 0.3) is 0 Å². The summed E-state index contributed by atoms with van der Waals surface area (Å²) in [5, 5.41) is 10.5. The topological polar surface area (TPSA) is 48.5 Å². The average Bonchev–Trinajstić information content (AvgIpc) is 2.85. The minimum atomic E-state index is -0.351. The third-order valence-corrected chi connectivity index (χ3v) is 4.58. The smallest absolute Gasteiger partial charge is 0.106 e. The summed E-state index contributed by atoms with van der Waals surface area (Å²) in [6, 6.07) is 8.47. The van der Waals surface area contributed by atoms with Crippen molar-refractivity contribution in [3.63, 3.8) is 0 Å². The summed E-state index contributed by atoms with van der Waals surface area (Å²) in [5.74, 6) is 0. The van der Waals surface area contributed by atoms with Crippen LogP contribution >= 0.6 is 0 Å². The van der Waals surface area contributed by atoms with Crippen molar-refractivity contribution in [2.45, 2.75) is 37.9 Å². The fourth-order valence-corrected chi connectivity index (χ4v) is 3.67. The maximum absolute atomic E-state index is 9.24. The van der Waals surface area contributed by atoms with Gasteiger partial charge in [-0.2, -0.15) is 0 Å². The van der Waals surface area contributed by atoms with Crippen LogP contribution in [0.3, 0.4) is 0 Å². The number of hydrogen-bond acceptors (Lipinski definition) is 3. The number of rotatable bonds is 5. The Hall–Kier alpha value is -1.36. The molecule has 2 atom stereocenters. The second-order valence-corrected chi connectivity index (χ2v) is 6.79. The largest absolute Gasteiger partial charge is 0.396 e. The Balaban J connectivity index is 2.04. The molecule has 1 aliphatic heterocycles. The minimum absolute atomic E-state index is 0.186. The van der Waals surface area contributed by atoms with Gasteiger partial charge in [0.05, 0.1) is 11.8 Å². The first-order valence-corrected chi connectivity index (χ1v) is 8.07. The molecule has 1 aromatic carbocycles. The molecule has 0 amide bonds. The summed E-state index contributed by atoms with van der Waals surface area (Å²) < 4.78 is 6.46. The van der Waals surface area contributed by atoms with Crippen molar-refractivity contribution in [1.29, 1.82) is 0 Å². The van der Waals surface area contributed by atoms with Crippen LogP contribution in [0.1, 0.15) is 31.0 Å². The molecule has 0 spiro atoms. The third-order valence-electron chi connectivity index (χ3n) is 4.58. The van der Waals surface area contributed by atoms with E-state index in [0.29, 0.717) is 0 Å². The number of nitrogens with one attached hydrogen (secondary N) is 1. The van der Waals surface area contributed by atoms with Crippen molar-refractivity contribution in [3.05, 3.63) is 35.5 Å². The van der Waals surface area contributed by atoms with Crippen molar-refractivity contribution >= 4 is 10.9 Å². The Kier molecular flexibility index (Phi) is 4.26. The molecule has 2 unspecified atom stereocenters. The monoisotopic (exact) mass is 302 g/mol. The summed E-state index contributed by atoms with van der Waals surface area (Å²) >= 11 is 0. The zero-order chi connectivity index (χ0) is 15.7. The molecule has 2 heterocycles. The molecule has 2 N–H and O–H groups in total.